The van der Waals surface area contributed by atoms with Crippen LogP contribution in [0.5, 0.6) is 0 Å². The van der Waals surface area contributed by atoms with Gasteiger partial charge in [-0.3, -0.25) is 4.79 Å². The van der Waals surface area contributed by atoms with E-state index in [-0.39, 0.29) is 5.69 Å². The fourth-order valence-corrected chi connectivity index (χ4v) is 2.40. The molecule has 2 aromatic carbocycles. The van der Waals surface area contributed by atoms with Crippen molar-refractivity contribution in [2.45, 2.75) is 0 Å². The molecule has 3 aromatic rings. The summed E-state index contributed by atoms with van der Waals surface area (Å²) in [5.74, 6) is -0.849. The van der Waals surface area contributed by atoms with Crippen LogP contribution >= 0.6 is 23.2 Å². The van der Waals surface area contributed by atoms with Crippen LogP contribution < -0.4 is 10.6 Å². The number of carbonyl (C=O) groups excluding carboxylic acids is 1. The molecular formula is C18H12Cl2FN3O. The molecule has 0 saturated carbocycles. The molecule has 0 fully saturated rings. The topological polar surface area (TPSA) is 54.0 Å². The van der Waals surface area contributed by atoms with Gasteiger partial charge < -0.3 is 10.6 Å². The molecule has 126 valence electrons. The van der Waals surface area contributed by atoms with Gasteiger partial charge in [-0.25, -0.2) is 9.37 Å². The molecule has 25 heavy (non-hydrogen) atoms. The monoisotopic (exact) mass is 375 g/mol. The third kappa shape index (κ3) is 4.47. The summed E-state index contributed by atoms with van der Waals surface area (Å²) in [7, 11) is 0. The third-order valence-electron chi connectivity index (χ3n) is 3.29. The van der Waals surface area contributed by atoms with E-state index in [2.05, 4.69) is 15.6 Å². The molecule has 2 N–H and O–H groups in total. The Hall–Kier alpha value is -2.63. The van der Waals surface area contributed by atoms with Gasteiger partial charge in [-0.2, -0.15) is 0 Å². The molecule has 3 rings (SSSR count). The summed E-state index contributed by atoms with van der Waals surface area (Å²) in [4.78, 5) is 16.2. The molecule has 1 heterocycles. The number of pyridine rings is 1. The van der Waals surface area contributed by atoms with E-state index >= 15 is 0 Å². The second-order valence-corrected chi connectivity index (χ2v) is 5.96. The van der Waals surface area contributed by atoms with Crippen molar-refractivity contribution in [1.82, 2.24) is 4.98 Å². The summed E-state index contributed by atoms with van der Waals surface area (Å²) in [5.41, 5.74) is 2.00. The van der Waals surface area contributed by atoms with E-state index in [4.69, 9.17) is 23.2 Å². The van der Waals surface area contributed by atoms with Crippen molar-refractivity contribution in [3.05, 3.63) is 82.4 Å². The molecule has 4 nitrogen and oxygen atoms in total. The van der Waals surface area contributed by atoms with Crippen LogP contribution in [0.2, 0.25) is 10.0 Å². The number of benzene rings is 2. The molecule has 7 heteroatoms. The summed E-state index contributed by atoms with van der Waals surface area (Å²) in [6.45, 7) is 0. The molecule has 0 aliphatic carbocycles. The summed E-state index contributed by atoms with van der Waals surface area (Å²) >= 11 is 11.8. The van der Waals surface area contributed by atoms with Crippen molar-refractivity contribution in [1.29, 1.82) is 0 Å². The van der Waals surface area contributed by atoms with Crippen LogP contribution in [0.15, 0.2) is 60.8 Å². The number of hydrogen-bond acceptors (Lipinski definition) is 3. The van der Waals surface area contributed by atoms with Gasteiger partial charge in [0.15, 0.2) is 0 Å². The predicted molar refractivity (Wildman–Crippen MR) is 98.3 cm³/mol. The fraction of sp³-hybridized carbons (Fsp3) is 0. The van der Waals surface area contributed by atoms with Crippen LogP contribution in [0, 0.1) is 5.82 Å². The van der Waals surface area contributed by atoms with E-state index in [1.807, 2.05) is 0 Å². The molecule has 0 saturated heterocycles. The lowest BCUT2D eigenvalue weighted by atomic mass is 10.2. The first-order valence-corrected chi connectivity index (χ1v) is 8.02. The van der Waals surface area contributed by atoms with Crippen LogP contribution in [-0.2, 0) is 0 Å². The van der Waals surface area contributed by atoms with Gasteiger partial charge in [0.1, 0.15) is 11.5 Å². The predicted octanol–water partition coefficient (Wildman–Crippen LogP) is 5.52. The molecule has 0 aliphatic heterocycles. The Bertz CT molecular complexity index is 916. The van der Waals surface area contributed by atoms with Crippen molar-refractivity contribution in [2.24, 2.45) is 0 Å². The summed E-state index contributed by atoms with van der Waals surface area (Å²) in [5, 5.41) is 6.60. The fourth-order valence-electron chi connectivity index (χ4n) is 2.10. The molecule has 1 aromatic heterocycles. The minimum Gasteiger partial charge on any atom is -0.354 e. The lowest BCUT2D eigenvalue weighted by Gasteiger charge is -2.08. The lowest BCUT2D eigenvalue weighted by Crippen LogP contribution is -2.13. The van der Waals surface area contributed by atoms with Crippen LogP contribution in [0.3, 0.4) is 0 Å². The van der Waals surface area contributed by atoms with Gasteiger partial charge in [0.2, 0.25) is 0 Å². The molecular weight excluding hydrogens is 364 g/mol. The zero-order valence-corrected chi connectivity index (χ0v) is 14.3. The Morgan fingerprint density at radius 3 is 2.40 bits per heavy atom. The van der Waals surface area contributed by atoms with E-state index in [0.717, 1.165) is 5.69 Å². The van der Waals surface area contributed by atoms with Crippen molar-refractivity contribution in [3.63, 3.8) is 0 Å². The van der Waals surface area contributed by atoms with Gasteiger partial charge in [0.05, 0.1) is 21.9 Å². The maximum Gasteiger partial charge on any atom is 0.274 e. The van der Waals surface area contributed by atoms with Gasteiger partial charge in [-0.15, -0.1) is 0 Å². The molecule has 1 amide bonds. The highest BCUT2D eigenvalue weighted by Crippen LogP contribution is 2.26. The number of amides is 1. The average molecular weight is 376 g/mol. The normalized spacial score (nSPS) is 10.4. The van der Waals surface area contributed by atoms with Crippen molar-refractivity contribution in [2.75, 3.05) is 10.6 Å². The number of halogens is 3. The zero-order chi connectivity index (χ0) is 17.8. The smallest absolute Gasteiger partial charge is 0.274 e. The maximum atomic E-state index is 13.1. The number of nitrogens with one attached hydrogen (secondary N) is 2. The Labute approximate surface area is 153 Å². The standard InChI is InChI=1S/C18H12Cl2FN3O/c19-15-6-4-13(9-16(15)20)23-14-5-7-17(22-10-14)18(25)24-12-3-1-2-11(21)8-12/h1-10,23H,(H,24,25). The van der Waals surface area contributed by atoms with E-state index < -0.39 is 11.7 Å². The Morgan fingerprint density at radius 2 is 1.72 bits per heavy atom. The second kappa shape index (κ2) is 7.51. The van der Waals surface area contributed by atoms with Gasteiger partial charge >= 0.3 is 0 Å². The molecule has 0 aliphatic rings. The van der Waals surface area contributed by atoms with Crippen LogP contribution in [0.4, 0.5) is 21.5 Å². The summed E-state index contributed by atoms with van der Waals surface area (Å²) in [6.07, 6.45) is 1.52. The van der Waals surface area contributed by atoms with Crippen molar-refractivity contribution >= 4 is 46.2 Å². The Kier molecular flexibility index (Phi) is 5.16. The van der Waals surface area contributed by atoms with Crippen LogP contribution in [0.1, 0.15) is 10.5 Å². The SMILES string of the molecule is O=C(Nc1cccc(F)c1)c1ccc(Nc2ccc(Cl)c(Cl)c2)cn1. The summed E-state index contributed by atoms with van der Waals surface area (Å²) in [6, 6.07) is 14.1. The minimum atomic E-state index is -0.424. The lowest BCUT2D eigenvalue weighted by molar-refractivity contribution is 0.102. The zero-order valence-electron chi connectivity index (χ0n) is 12.8. The molecule has 0 radical (unpaired) electrons. The van der Waals surface area contributed by atoms with Gasteiger partial charge in [-0.1, -0.05) is 29.3 Å². The molecule has 0 spiro atoms. The first-order chi connectivity index (χ1) is 12.0. The van der Waals surface area contributed by atoms with E-state index in [0.29, 0.717) is 21.4 Å². The molecule has 0 bridgehead atoms. The number of anilines is 3. The highest BCUT2D eigenvalue weighted by Gasteiger charge is 2.08. The van der Waals surface area contributed by atoms with E-state index in [9.17, 15) is 9.18 Å². The first kappa shape index (κ1) is 17.2. The van der Waals surface area contributed by atoms with Gasteiger partial charge in [-0.05, 0) is 48.5 Å². The number of hydrogen-bond donors (Lipinski definition) is 2. The highest BCUT2D eigenvalue weighted by molar-refractivity contribution is 6.42. The molecule has 0 atom stereocenters. The number of aromatic nitrogens is 1. The van der Waals surface area contributed by atoms with Gasteiger partial charge in [0.25, 0.3) is 5.91 Å². The van der Waals surface area contributed by atoms with E-state index in [1.54, 1.807) is 36.4 Å². The quantitative estimate of drug-likeness (QED) is 0.630. The van der Waals surface area contributed by atoms with Gasteiger partial charge in [0, 0.05) is 11.4 Å². The van der Waals surface area contributed by atoms with Crippen LogP contribution in [0.25, 0.3) is 0 Å². The third-order valence-corrected chi connectivity index (χ3v) is 4.03. The Balaban J connectivity index is 1.69. The van der Waals surface area contributed by atoms with E-state index in [1.165, 1.54) is 24.4 Å². The largest absolute Gasteiger partial charge is 0.354 e. The van der Waals surface area contributed by atoms with Crippen molar-refractivity contribution in [3.8, 4) is 0 Å². The van der Waals surface area contributed by atoms with Crippen LogP contribution in [-0.4, -0.2) is 10.9 Å². The Morgan fingerprint density at radius 1 is 0.920 bits per heavy atom. The number of rotatable bonds is 4. The summed E-state index contributed by atoms with van der Waals surface area (Å²) < 4.78 is 13.1. The molecule has 0 unspecified atom stereocenters. The first-order valence-electron chi connectivity index (χ1n) is 7.26. The second-order valence-electron chi connectivity index (χ2n) is 5.15. The number of nitrogens with zero attached hydrogens (tertiary/aromatic N) is 1. The highest BCUT2D eigenvalue weighted by atomic mass is 35.5. The minimum absolute atomic E-state index is 0.212. The number of carbonyl (C=O) groups is 1. The average Bonchev–Trinajstić information content (AvgIpc) is 2.59. The maximum absolute atomic E-state index is 13.1. The van der Waals surface area contributed by atoms with Crippen molar-refractivity contribution < 1.29 is 9.18 Å².